The fourth-order valence-electron chi connectivity index (χ4n) is 2.65. The van der Waals surface area contributed by atoms with Crippen LogP contribution in [0.3, 0.4) is 0 Å². The molecule has 1 fully saturated rings. The third kappa shape index (κ3) is 5.09. The zero-order chi connectivity index (χ0) is 16.7. The minimum absolute atomic E-state index is 0.0938. The van der Waals surface area contributed by atoms with Crippen LogP contribution in [0.2, 0.25) is 0 Å². The maximum Gasteiger partial charge on any atom is 0.251 e. The normalized spacial score (nSPS) is 14.9. The van der Waals surface area contributed by atoms with Crippen LogP contribution in [0.25, 0.3) is 0 Å². The first-order chi connectivity index (χ1) is 11.1. The van der Waals surface area contributed by atoms with Gasteiger partial charge in [0.05, 0.1) is 0 Å². The zero-order valence-corrected chi connectivity index (χ0v) is 13.2. The van der Waals surface area contributed by atoms with E-state index in [1.807, 2.05) is 4.90 Å². The minimum atomic E-state index is -0.528. The van der Waals surface area contributed by atoms with Gasteiger partial charge < -0.3 is 16.0 Å². The first-order valence-electron chi connectivity index (χ1n) is 8.04. The van der Waals surface area contributed by atoms with Crippen molar-refractivity contribution in [1.29, 1.82) is 0 Å². The number of hydrogen-bond acceptors (Lipinski definition) is 3. The molecule has 3 N–H and O–H groups in total. The number of likely N-dealkylation sites (tertiary alicyclic amines) is 1. The van der Waals surface area contributed by atoms with Crippen molar-refractivity contribution >= 4 is 17.7 Å². The Kier molecular flexibility index (Phi) is 6.14. The fourth-order valence-corrected chi connectivity index (χ4v) is 2.65. The smallest absolute Gasteiger partial charge is 0.251 e. The predicted octanol–water partition coefficient (Wildman–Crippen LogP) is 1.31. The molecule has 1 heterocycles. The molecule has 2 rings (SSSR count). The summed E-state index contributed by atoms with van der Waals surface area (Å²) < 4.78 is 0. The van der Waals surface area contributed by atoms with Gasteiger partial charge in [-0.1, -0.05) is 12.8 Å². The lowest BCUT2D eigenvalue weighted by Gasteiger charge is -2.20. The molecule has 0 saturated carbocycles. The van der Waals surface area contributed by atoms with Crippen LogP contribution in [-0.2, 0) is 4.79 Å². The number of amides is 3. The van der Waals surface area contributed by atoms with Gasteiger partial charge in [-0.15, -0.1) is 0 Å². The van der Waals surface area contributed by atoms with Crippen molar-refractivity contribution in [2.45, 2.75) is 32.1 Å². The van der Waals surface area contributed by atoms with Gasteiger partial charge in [-0.05, 0) is 37.1 Å². The highest BCUT2D eigenvalue weighted by Gasteiger charge is 2.15. The standard InChI is InChI=1S/C17H23N3O3/c18-16(22)13-5-7-14(8-6-13)17(23)19-10-9-15(21)20-11-3-1-2-4-12-20/h5-8H,1-4,9-12H2,(H2,18,22)(H,19,23). The topological polar surface area (TPSA) is 92.5 Å². The third-order valence-corrected chi connectivity index (χ3v) is 4.01. The number of primary amides is 1. The average molecular weight is 317 g/mol. The minimum Gasteiger partial charge on any atom is -0.366 e. The Morgan fingerprint density at radius 1 is 0.957 bits per heavy atom. The van der Waals surface area contributed by atoms with Gasteiger partial charge in [0.15, 0.2) is 0 Å². The molecular formula is C17H23N3O3. The zero-order valence-electron chi connectivity index (χ0n) is 13.2. The second kappa shape index (κ2) is 8.31. The Morgan fingerprint density at radius 2 is 1.52 bits per heavy atom. The monoisotopic (exact) mass is 317 g/mol. The molecule has 23 heavy (non-hydrogen) atoms. The van der Waals surface area contributed by atoms with Crippen molar-refractivity contribution in [2.24, 2.45) is 5.73 Å². The van der Waals surface area contributed by atoms with Crippen LogP contribution in [0.15, 0.2) is 24.3 Å². The molecular weight excluding hydrogens is 294 g/mol. The van der Waals surface area contributed by atoms with Gasteiger partial charge in [-0.3, -0.25) is 14.4 Å². The van der Waals surface area contributed by atoms with Gasteiger partial charge in [-0.2, -0.15) is 0 Å². The number of carbonyl (C=O) groups is 3. The van der Waals surface area contributed by atoms with E-state index in [2.05, 4.69) is 5.32 Å². The van der Waals surface area contributed by atoms with Crippen LogP contribution in [-0.4, -0.2) is 42.3 Å². The molecule has 1 aliphatic heterocycles. The van der Waals surface area contributed by atoms with E-state index in [0.29, 0.717) is 24.1 Å². The Balaban J connectivity index is 1.77. The van der Waals surface area contributed by atoms with Crippen LogP contribution in [0, 0.1) is 0 Å². The first-order valence-corrected chi connectivity index (χ1v) is 8.04. The van der Waals surface area contributed by atoms with Crippen LogP contribution in [0.5, 0.6) is 0 Å². The summed E-state index contributed by atoms with van der Waals surface area (Å²) in [5.74, 6) is -0.694. The number of hydrogen-bond donors (Lipinski definition) is 2. The maximum absolute atomic E-state index is 12.1. The highest BCUT2D eigenvalue weighted by molar-refractivity contribution is 5.97. The summed E-state index contributed by atoms with van der Waals surface area (Å²) in [7, 11) is 0. The number of benzene rings is 1. The quantitative estimate of drug-likeness (QED) is 0.857. The van der Waals surface area contributed by atoms with Crippen molar-refractivity contribution in [3.63, 3.8) is 0 Å². The molecule has 0 unspecified atom stereocenters. The Morgan fingerprint density at radius 3 is 2.09 bits per heavy atom. The summed E-state index contributed by atoms with van der Waals surface area (Å²) in [5.41, 5.74) is 5.95. The molecule has 1 aliphatic rings. The molecule has 0 spiro atoms. The maximum atomic E-state index is 12.1. The van der Waals surface area contributed by atoms with Gasteiger partial charge >= 0.3 is 0 Å². The molecule has 1 saturated heterocycles. The van der Waals surface area contributed by atoms with Gasteiger partial charge in [0.1, 0.15) is 0 Å². The van der Waals surface area contributed by atoms with Gasteiger partial charge in [0, 0.05) is 37.2 Å². The van der Waals surface area contributed by atoms with Crippen molar-refractivity contribution in [3.8, 4) is 0 Å². The number of nitrogens with two attached hydrogens (primary N) is 1. The van der Waals surface area contributed by atoms with Crippen molar-refractivity contribution in [2.75, 3.05) is 19.6 Å². The van der Waals surface area contributed by atoms with E-state index in [1.165, 1.54) is 25.0 Å². The molecule has 6 heteroatoms. The van der Waals surface area contributed by atoms with E-state index < -0.39 is 5.91 Å². The Labute approximate surface area is 136 Å². The van der Waals surface area contributed by atoms with Gasteiger partial charge in [-0.25, -0.2) is 0 Å². The summed E-state index contributed by atoms with van der Waals surface area (Å²) in [4.78, 5) is 37.0. The van der Waals surface area contributed by atoms with E-state index in [0.717, 1.165) is 25.9 Å². The van der Waals surface area contributed by atoms with Gasteiger partial charge in [0.25, 0.3) is 5.91 Å². The number of nitrogens with one attached hydrogen (secondary N) is 1. The molecule has 0 aliphatic carbocycles. The summed E-state index contributed by atoms with van der Waals surface area (Å²) in [5, 5.41) is 2.73. The van der Waals surface area contributed by atoms with E-state index >= 15 is 0 Å². The number of carbonyl (C=O) groups excluding carboxylic acids is 3. The summed E-state index contributed by atoms with van der Waals surface area (Å²) >= 11 is 0. The summed E-state index contributed by atoms with van der Waals surface area (Å²) in [6.45, 7) is 1.95. The lowest BCUT2D eigenvalue weighted by Crippen LogP contribution is -2.35. The fraction of sp³-hybridized carbons (Fsp3) is 0.471. The molecule has 0 radical (unpaired) electrons. The third-order valence-electron chi connectivity index (χ3n) is 4.01. The average Bonchev–Trinajstić information content (AvgIpc) is 2.84. The second-order valence-corrected chi connectivity index (χ2v) is 5.74. The number of rotatable bonds is 5. The molecule has 1 aromatic rings. The predicted molar refractivity (Wildman–Crippen MR) is 87.0 cm³/mol. The van der Waals surface area contributed by atoms with Crippen molar-refractivity contribution < 1.29 is 14.4 Å². The highest BCUT2D eigenvalue weighted by Crippen LogP contribution is 2.10. The number of nitrogens with zero attached hydrogens (tertiary/aromatic N) is 1. The largest absolute Gasteiger partial charge is 0.366 e. The molecule has 0 atom stereocenters. The van der Waals surface area contributed by atoms with Crippen molar-refractivity contribution in [1.82, 2.24) is 10.2 Å². The molecule has 1 aromatic carbocycles. The van der Waals surface area contributed by atoms with Crippen LogP contribution in [0.4, 0.5) is 0 Å². The van der Waals surface area contributed by atoms with Crippen LogP contribution < -0.4 is 11.1 Å². The van der Waals surface area contributed by atoms with Crippen molar-refractivity contribution in [3.05, 3.63) is 35.4 Å². The van der Waals surface area contributed by atoms with Gasteiger partial charge in [0.2, 0.25) is 11.8 Å². The Bertz CT molecular complexity index is 561. The molecule has 0 bridgehead atoms. The summed E-state index contributed by atoms with van der Waals surface area (Å²) in [6.07, 6.45) is 4.79. The molecule has 6 nitrogen and oxygen atoms in total. The first kappa shape index (κ1) is 17.0. The van der Waals surface area contributed by atoms with E-state index in [1.54, 1.807) is 12.1 Å². The lowest BCUT2D eigenvalue weighted by molar-refractivity contribution is -0.131. The SMILES string of the molecule is NC(=O)c1ccc(C(=O)NCCC(=O)N2CCCCCC2)cc1. The van der Waals surface area contributed by atoms with E-state index in [4.69, 9.17) is 5.73 Å². The molecule has 0 aromatic heterocycles. The lowest BCUT2D eigenvalue weighted by atomic mass is 10.1. The Hall–Kier alpha value is -2.37. The van der Waals surface area contributed by atoms with Crippen LogP contribution in [0.1, 0.15) is 52.8 Å². The molecule has 3 amide bonds. The van der Waals surface area contributed by atoms with Crippen LogP contribution >= 0.6 is 0 Å². The van der Waals surface area contributed by atoms with E-state index in [-0.39, 0.29) is 11.8 Å². The summed E-state index contributed by atoms with van der Waals surface area (Å²) in [6, 6.07) is 6.12. The molecule has 124 valence electrons. The van der Waals surface area contributed by atoms with E-state index in [9.17, 15) is 14.4 Å². The highest BCUT2D eigenvalue weighted by atomic mass is 16.2. The second-order valence-electron chi connectivity index (χ2n) is 5.74.